The lowest BCUT2D eigenvalue weighted by atomic mass is 10.1. The van der Waals surface area contributed by atoms with Gasteiger partial charge >= 0.3 is 5.69 Å². The Labute approximate surface area is 163 Å². The number of amidine groups is 1. The average molecular weight is 387 g/mol. The Bertz CT molecular complexity index is 1010. The zero-order chi connectivity index (χ0) is 19.7. The van der Waals surface area contributed by atoms with E-state index in [-0.39, 0.29) is 11.2 Å². The molecule has 1 fully saturated rings. The van der Waals surface area contributed by atoms with Crippen LogP contribution < -0.4 is 21.5 Å². The van der Waals surface area contributed by atoms with Gasteiger partial charge in [-0.1, -0.05) is 0 Å². The number of aryl methyl sites for hydroxylation is 1. The molecule has 4 rings (SSSR count). The molecule has 0 unspecified atom stereocenters. The van der Waals surface area contributed by atoms with Crippen molar-refractivity contribution in [3.8, 4) is 0 Å². The molecule has 1 saturated heterocycles. The van der Waals surface area contributed by atoms with Crippen LogP contribution in [-0.2, 0) is 20.6 Å². The lowest BCUT2D eigenvalue weighted by molar-refractivity contribution is 0.553. The highest BCUT2D eigenvalue weighted by Gasteiger charge is 2.23. The summed E-state index contributed by atoms with van der Waals surface area (Å²) in [6.45, 7) is 4.03. The molecule has 0 aromatic carbocycles. The monoisotopic (exact) mass is 387 g/mol. The number of hydrogen-bond acceptors (Lipinski definition) is 6. The quantitative estimate of drug-likeness (QED) is 0.830. The molecule has 9 heteroatoms. The molecule has 2 aromatic rings. The first-order valence-electron chi connectivity index (χ1n) is 10.3. The normalized spacial score (nSPS) is 17.8. The van der Waals surface area contributed by atoms with Crippen LogP contribution in [0.15, 0.2) is 14.6 Å². The van der Waals surface area contributed by atoms with E-state index in [2.05, 4.69) is 15.2 Å². The Morgan fingerprint density at radius 2 is 1.79 bits per heavy atom. The maximum atomic E-state index is 12.9. The Morgan fingerprint density at radius 3 is 2.50 bits per heavy atom. The van der Waals surface area contributed by atoms with E-state index >= 15 is 0 Å². The van der Waals surface area contributed by atoms with E-state index in [1.807, 2.05) is 4.57 Å². The van der Waals surface area contributed by atoms with E-state index in [9.17, 15) is 9.59 Å². The minimum atomic E-state index is -0.345. The number of hydrogen-bond donors (Lipinski definition) is 1. The second-order valence-electron chi connectivity index (χ2n) is 7.70. The van der Waals surface area contributed by atoms with Gasteiger partial charge in [-0.05, 0) is 32.1 Å². The van der Waals surface area contributed by atoms with Crippen molar-refractivity contribution in [1.82, 2.24) is 24.0 Å². The first kappa shape index (κ1) is 18.8. The minimum absolute atomic E-state index is 0.288. The minimum Gasteiger partial charge on any atom is -0.372 e. The van der Waals surface area contributed by atoms with Crippen molar-refractivity contribution < 1.29 is 0 Å². The molecule has 2 aromatic heterocycles. The van der Waals surface area contributed by atoms with Crippen LogP contribution in [0.25, 0.3) is 11.2 Å². The summed E-state index contributed by atoms with van der Waals surface area (Å²) in [6.07, 6.45) is 6.77. The zero-order valence-electron chi connectivity index (χ0n) is 16.8. The molecule has 152 valence electrons. The van der Waals surface area contributed by atoms with Crippen molar-refractivity contribution in [2.45, 2.75) is 45.1 Å². The van der Waals surface area contributed by atoms with Crippen LogP contribution >= 0.6 is 0 Å². The molecule has 0 aliphatic carbocycles. The number of rotatable bonds is 4. The van der Waals surface area contributed by atoms with Gasteiger partial charge in [0, 0.05) is 53.2 Å². The molecule has 1 N–H and O–H groups in total. The fourth-order valence-electron chi connectivity index (χ4n) is 4.14. The Kier molecular flexibility index (Phi) is 5.23. The lowest BCUT2D eigenvalue weighted by Crippen LogP contribution is -2.38. The third-order valence-electron chi connectivity index (χ3n) is 5.76. The molecule has 0 bridgehead atoms. The van der Waals surface area contributed by atoms with Crippen LogP contribution in [-0.4, -0.2) is 50.7 Å². The summed E-state index contributed by atoms with van der Waals surface area (Å²) in [7, 11) is 3.20. The number of aliphatic imine (C=N–C) groups is 1. The molecule has 4 heterocycles. The van der Waals surface area contributed by atoms with Crippen molar-refractivity contribution in [2.75, 3.05) is 31.1 Å². The van der Waals surface area contributed by atoms with Crippen molar-refractivity contribution in [3.05, 3.63) is 20.8 Å². The highest BCUT2D eigenvalue weighted by molar-refractivity contribution is 5.82. The summed E-state index contributed by atoms with van der Waals surface area (Å²) in [5.41, 5.74) is 0.326. The smallest absolute Gasteiger partial charge is 0.332 e. The van der Waals surface area contributed by atoms with Gasteiger partial charge in [0.25, 0.3) is 5.56 Å². The second kappa shape index (κ2) is 7.81. The largest absolute Gasteiger partial charge is 0.372 e. The van der Waals surface area contributed by atoms with Crippen molar-refractivity contribution >= 4 is 22.9 Å². The van der Waals surface area contributed by atoms with Crippen molar-refractivity contribution in [3.63, 3.8) is 0 Å². The number of nitrogens with zero attached hydrogens (tertiary/aromatic N) is 6. The molecular weight excluding hydrogens is 358 g/mol. The van der Waals surface area contributed by atoms with Crippen LogP contribution in [0.4, 0.5) is 5.95 Å². The van der Waals surface area contributed by atoms with Gasteiger partial charge in [-0.15, -0.1) is 0 Å². The summed E-state index contributed by atoms with van der Waals surface area (Å²) in [6, 6.07) is 0. The first-order chi connectivity index (χ1) is 13.6. The number of aromatic nitrogens is 4. The number of piperidine rings is 1. The number of imidazole rings is 1. The summed E-state index contributed by atoms with van der Waals surface area (Å²) in [5, 5.41) is 3.42. The van der Waals surface area contributed by atoms with Crippen LogP contribution in [0.2, 0.25) is 0 Å². The molecule has 2 aliphatic heterocycles. The van der Waals surface area contributed by atoms with Crippen molar-refractivity contribution in [1.29, 1.82) is 0 Å². The van der Waals surface area contributed by atoms with Crippen LogP contribution in [0.3, 0.4) is 0 Å². The summed E-state index contributed by atoms with van der Waals surface area (Å²) < 4.78 is 4.62. The van der Waals surface area contributed by atoms with Crippen LogP contribution in [0.1, 0.15) is 38.5 Å². The molecule has 28 heavy (non-hydrogen) atoms. The maximum Gasteiger partial charge on any atom is 0.332 e. The third-order valence-corrected chi connectivity index (χ3v) is 5.76. The fourth-order valence-corrected chi connectivity index (χ4v) is 4.14. The summed E-state index contributed by atoms with van der Waals surface area (Å²) >= 11 is 0. The molecule has 0 amide bonds. The van der Waals surface area contributed by atoms with Crippen LogP contribution in [0.5, 0.6) is 0 Å². The predicted octanol–water partition coefficient (Wildman–Crippen LogP) is 0.596. The van der Waals surface area contributed by atoms with Gasteiger partial charge in [0.2, 0.25) is 5.95 Å². The summed E-state index contributed by atoms with van der Waals surface area (Å²) in [5.74, 6) is 1.84. The molecule has 0 saturated carbocycles. The molecule has 2 aliphatic rings. The predicted molar refractivity (Wildman–Crippen MR) is 110 cm³/mol. The van der Waals surface area contributed by atoms with Crippen LogP contribution in [0, 0.1) is 0 Å². The fraction of sp³-hybridized carbons (Fsp3) is 0.684. The summed E-state index contributed by atoms with van der Waals surface area (Å²) in [4.78, 5) is 36.8. The average Bonchev–Trinajstić information content (AvgIpc) is 3.12. The van der Waals surface area contributed by atoms with Crippen molar-refractivity contribution in [2.24, 2.45) is 19.1 Å². The number of nitrogens with one attached hydrogen (secondary N) is 1. The standard InChI is InChI=1S/C19H29N7O2/c1-23-16-15(17(27)24(2)19(23)28)26(13-10-21-14-8-4-5-9-20-14)18(22-16)25-11-6-3-7-12-25/h3-13H2,1-2H3,(H,20,21). The van der Waals surface area contributed by atoms with Gasteiger partial charge in [0.1, 0.15) is 0 Å². The van der Waals surface area contributed by atoms with Gasteiger partial charge in [-0.3, -0.25) is 18.9 Å². The number of anilines is 1. The third kappa shape index (κ3) is 3.33. The van der Waals surface area contributed by atoms with Gasteiger partial charge in [-0.25, -0.2) is 4.79 Å². The van der Waals surface area contributed by atoms with Gasteiger partial charge in [0.05, 0.1) is 5.84 Å². The maximum absolute atomic E-state index is 12.9. The van der Waals surface area contributed by atoms with E-state index in [1.54, 1.807) is 7.05 Å². The Morgan fingerprint density at radius 1 is 1.00 bits per heavy atom. The lowest BCUT2D eigenvalue weighted by Gasteiger charge is -2.28. The zero-order valence-corrected chi connectivity index (χ0v) is 16.8. The van der Waals surface area contributed by atoms with E-state index in [1.165, 1.54) is 29.0 Å². The molecular formula is C19H29N7O2. The molecule has 0 spiro atoms. The van der Waals surface area contributed by atoms with E-state index < -0.39 is 0 Å². The Balaban J connectivity index is 1.73. The van der Waals surface area contributed by atoms with E-state index in [0.29, 0.717) is 24.3 Å². The highest BCUT2D eigenvalue weighted by atomic mass is 16.2. The Hall–Kier alpha value is -2.58. The topological polar surface area (TPSA) is 89.4 Å². The molecule has 0 atom stereocenters. The number of fused-ring (bicyclic) bond motifs is 1. The van der Waals surface area contributed by atoms with Gasteiger partial charge in [0.15, 0.2) is 11.2 Å². The van der Waals surface area contributed by atoms with E-state index in [4.69, 9.17) is 4.98 Å². The van der Waals surface area contributed by atoms with Gasteiger partial charge in [-0.2, -0.15) is 4.98 Å². The van der Waals surface area contributed by atoms with Gasteiger partial charge < -0.3 is 14.8 Å². The second-order valence-corrected chi connectivity index (χ2v) is 7.70. The van der Waals surface area contributed by atoms with E-state index in [0.717, 1.165) is 57.1 Å². The molecule has 9 nitrogen and oxygen atoms in total. The first-order valence-corrected chi connectivity index (χ1v) is 10.3. The SMILES string of the molecule is Cn1c(=O)c2c(nc(N3CCCCC3)n2CCNC2=NCCCC2)n(C)c1=O. The molecule has 0 radical (unpaired) electrons. The highest BCUT2D eigenvalue weighted by Crippen LogP contribution is 2.22.